The average Bonchev–Trinajstić information content (AvgIpc) is 3.27. The second kappa shape index (κ2) is 11.2. The lowest BCUT2D eigenvalue weighted by atomic mass is 10.1. The first-order chi connectivity index (χ1) is 15.5. The number of carbonyl (C=O) groups is 2. The number of anilines is 1. The Bertz CT molecular complexity index is 1050. The van der Waals surface area contributed by atoms with Crippen LogP contribution in [0.2, 0.25) is 0 Å². The summed E-state index contributed by atoms with van der Waals surface area (Å²) in [5.74, 6) is -0.522. The van der Waals surface area contributed by atoms with Crippen LogP contribution in [0.3, 0.4) is 0 Å². The van der Waals surface area contributed by atoms with Gasteiger partial charge in [-0.3, -0.25) is 14.3 Å². The van der Waals surface area contributed by atoms with Crippen LogP contribution in [-0.2, 0) is 22.5 Å². The topological polar surface area (TPSA) is 98.1 Å². The summed E-state index contributed by atoms with van der Waals surface area (Å²) >= 11 is 0. The molecule has 0 radical (unpaired) electrons. The average molecular weight is 436 g/mol. The highest BCUT2D eigenvalue weighted by Crippen LogP contribution is 2.14. The van der Waals surface area contributed by atoms with Gasteiger partial charge in [0.15, 0.2) is 0 Å². The maximum atomic E-state index is 12.4. The lowest BCUT2D eigenvalue weighted by Crippen LogP contribution is -2.40. The van der Waals surface area contributed by atoms with Gasteiger partial charge in [-0.05, 0) is 62.1 Å². The summed E-state index contributed by atoms with van der Waals surface area (Å²) in [5, 5.41) is 10.3. The second-order valence-corrected chi connectivity index (χ2v) is 7.66. The zero-order valence-electron chi connectivity index (χ0n) is 18.7. The number of carbonyl (C=O) groups excluding carboxylic acids is 2. The van der Waals surface area contributed by atoms with E-state index in [0.29, 0.717) is 31.6 Å². The van der Waals surface area contributed by atoms with Gasteiger partial charge in [0, 0.05) is 12.2 Å². The highest BCUT2D eigenvalue weighted by molar-refractivity contribution is 6.01. The molecule has 0 saturated carbocycles. The summed E-state index contributed by atoms with van der Waals surface area (Å²) in [4.78, 5) is 28.6. The summed E-state index contributed by atoms with van der Waals surface area (Å²) in [5.41, 5.74) is 4.04. The molecule has 168 valence electrons. The predicted molar refractivity (Wildman–Crippen MR) is 122 cm³/mol. The highest BCUT2D eigenvalue weighted by Gasteiger charge is 2.19. The minimum atomic E-state index is -0.419. The van der Waals surface area contributed by atoms with Crippen LogP contribution in [0.15, 0.2) is 54.9 Å². The summed E-state index contributed by atoms with van der Waals surface area (Å²) in [6.07, 6.45) is 2.81. The molecule has 0 aliphatic rings. The Morgan fingerprint density at radius 2 is 1.88 bits per heavy atom. The van der Waals surface area contributed by atoms with Crippen molar-refractivity contribution in [1.29, 1.82) is 0 Å². The van der Waals surface area contributed by atoms with Crippen molar-refractivity contribution in [3.05, 3.63) is 77.4 Å². The van der Waals surface area contributed by atoms with E-state index in [0.717, 1.165) is 16.7 Å². The molecule has 1 aromatic heterocycles. The normalized spacial score (nSPS) is 11.7. The molecule has 1 heterocycles. The van der Waals surface area contributed by atoms with Crippen molar-refractivity contribution in [2.45, 2.75) is 39.3 Å². The smallest absolute Gasteiger partial charge is 0.323 e. The maximum Gasteiger partial charge on any atom is 0.323 e. The molecule has 0 aliphatic carbocycles. The third-order valence-corrected chi connectivity index (χ3v) is 5.23. The van der Waals surface area contributed by atoms with Crippen molar-refractivity contribution in [1.82, 2.24) is 20.1 Å². The molecule has 1 amide bonds. The Labute approximate surface area is 188 Å². The number of benzene rings is 2. The fourth-order valence-electron chi connectivity index (χ4n) is 3.26. The Balaban J connectivity index is 1.48. The Morgan fingerprint density at radius 1 is 1.09 bits per heavy atom. The Morgan fingerprint density at radius 3 is 2.59 bits per heavy atom. The van der Waals surface area contributed by atoms with Gasteiger partial charge in [-0.1, -0.05) is 36.4 Å². The molecule has 32 heavy (non-hydrogen) atoms. The zero-order chi connectivity index (χ0) is 22.9. The van der Waals surface area contributed by atoms with E-state index in [-0.39, 0.29) is 17.7 Å². The van der Waals surface area contributed by atoms with Gasteiger partial charge in [0.25, 0.3) is 5.91 Å². The molecule has 1 atom stereocenters. The SMILES string of the molecule is COC(=O)[C@H](Cc1ccccc1)NCCCn1cnc(C(=O)Nc2ccc(C)c(C)c2)n1. The summed E-state index contributed by atoms with van der Waals surface area (Å²) in [6, 6.07) is 15.1. The van der Waals surface area contributed by atoms with E-state index < -0.39 is 6.04 Å². The monoisotopic (exact) mass is 435 g/mol. The number of rotatable bonds is 10. The number of hydrogen-bond donors (Lipinski definition) is 2. The largest absolute Gasteiger partial charge is 0.468 e. The number of esters is 1. The number of nitrogens with one attached hydrogen (secondary N) is 2. The van der Waals surface area contributed by atoms with Crippen LogP contribution in [0.1, 0.15) is 33.7 Å². The predicted octanol–water partition coefficient (Wildman–Crippen LogP) is 2.91. The molecule has 2 aromatic carbocycles. The van der Waals surface area contributed by atoms with Crippen LogP contribution in [0.5, 0.6) is 0 Å². The van der Waals surface area contributed by atoms with Crippen molar-refractivity contribution in [3.8, 4) is 0 Å². The fraction of sp³-hybridized carbons (Fsp3) is 0.333. The van der Waals surface area contributed by atoms with Gasteiger partial charge >= 0.3 is 5.97 Å². The van der Waals surface area contributed by atoms with Gasteiger partial charge in [0.1, 0.15) is 12.4 Å². The Kier molecular flexibility index (Phi) is 8.10. The molecule has 0 saturated heterocycles. The highest BCUT2D eigenvalue weighted by atomic mass is 16.5. The van der Waals surface area contributed by atoms with Gasteiger partial charge in [0.2, 0.25) is 5.82 Å². The molecule has 8 nitrogen and oxygen atoms in total. The fourth-order valence-corrected chi connectivity index (χ4v) is 3.26. The van der Waals surface area contributed by atoms with E-state index in [1.54, 1.807) is 4.68 Å². The minimum absolute atomic E-state index is 0.118. The first-order valence-corrected chi connectivity index (χ1v) is 10.6. The van der Waals surface area contributed by atoms with Gasteiger partial charge < -0.3 is 15.4 Å². The molecule has 0 spiro atoms. The van der Waals surface area contributed by atoms with Gasteiger partial charge in [0.05, 0.1) is 7.11 Å². The molecular formula is C24H29N5O3. The minimum Gasteiger partial charge on any atom is -0.468 e. The van der Waals surface area contributed by atoms with Crippen LogP contribution in [0, 0.1) is 13.8 Å². The second-order valence-electron chi connectivity index (χ2n) is 7.66. The van der Waals surface area contributed by atoms with Crippen molar-refractivity contribution >= 4 is 17.6 Å². The van der Waals surface area contributed by atoms with Crippen LogP contribution in [0.4, 0.5) is 5.69 Å². The number of ether oxygens (including phenoxy) is 1. The number of aromatic nitrogens is 3. The van der Waals surface area contributed by atoms with E-state index in [1.165, 1.54) is 13.4 Å². The molecule has 8 heteroatoms. The number of aryl methyl sites for hydroxylation is 3. The number of amides is 1. The van der Waals surface area contributed by atoms with Crippen LogP contribution in [-0.4, -0.2) is 46.3 Å². The van der Waals surface area contributed by atoms with E-state index >= 15 is 0 Å². The van der Waals surface area contributed by atoms with E-state index in [1.807, 2.05) is 62.4 Å². The molecule has 0 bridgehead atoms. The summed E-state index contributed by atoms with van der Waals surface area (Å²) < 4.78 is 6.55. The van der Waals surface area contributed by atoms with Gasteiger partial charge in [-0.15, -0.1) is 5.10 Å². The number of hydrogen-bond acceptors (Lipinski definition) is 6. The lowest BCUT2D eigenvalue weighted by molar-refractivity contribution is -0.143. The van der Waals surface area contributed by atoms with Gasteiger partial charge in [-0.2, -0.15) is 0 Å². The molecule has 3 aromatic rings. The van der Waals surface area contributed by atoms with E-state index in [9.17, 15) is 9.59 Å². The third-order valence-electron chi connectivity index (χ3n) is 5.23. The standard InChI is InChI=1S/C24H29N5O3/c1-17-10-11-20(14-18(17)2)27-23(30)22-26-16-29(28-22)13-7-12-25-21(24(31)32-3)15-19-8-5-4-6-9-19/h4-6,8-11,14,16,21,25H,7,12-13,15H2,1-3H3,(H,27,30)/t21-/m0/s1. The van der Waals surface area contributed by atoms with Crippen LogP contribution < -0.4 is 10.6 Å². The van der Waals surface area contributed by atoms with Gasteiger partial charge in [-0.25, -0.2) is 4.98 Å². The van der Waals surface area contributed by atoms with Crippen molar-refractivity contribution in [2.24, 2.45) is 0 Å². The quantitative estimate of drug-likeness (QED) is 0.375. The van der Waals surface area contributed by atoms with E-state index in [4.69, 9.17) is 4.74 Å². The first kappa shape index (κ1) is 23.1. The lowest BCUT2D eigenvalue weighted by Gasteiger charge is -2.16. The third kappa shape index (κ3) is 6.49. The summed E-state index contributed by atoms with van der Waals surface area (Å²) in [6.45, 7) is 5.18. The maximum absolute atomic E-state index is 12.4. The van der Waals surface area contributed by atoms with Crippen molar-refractivity contribution < 1.29 is 14.3 Å². The van der Waals surface area contributed by atoms with Crippen LogP contribution >= 0.6 is 0 Å². The number of nitrogens with zero attached hydrogens (tertiary/aromatic N) is 3. The number of methoxy groups -OCH3 is 1. The molecular weight excluding hydrogens is 406 g/mol. The first-order valence-electron chi connectivity index (χ1n) is 10.6. The molecule has 2 N–H and O–H groups in total. The zero-order valence-corrected chi connectivity index (χ0v) is 18.7. The molecule has 0 aliphatic heterocycles. The summed E-state index contributed by atoms with van der Waals surface area (Å²) in [7, 11) is 1.39. The molecule has 0 fully saturated rings. The van der Waals surface area contributed by atoms with E-state index in [2.05, 4.69) is 20.7 Å². The van der Waals surface area contributed by atoms with Crippen molar-refractivity contribution in [2.75, 3.05) is 19.0 Å². The van der Waals surface area contributed by atoms with Crippen LogP contribution in [0.25, 0.3) is 0 Å². The Hall–Kier alpha value is -3.52. The van der Waals surface area contributed by atoms with Crippen molar-refractivity contribution in [3.63, 3.8) is 0 Å². The molecule has 3 rings (SSSR count). The molecule has 0 unspecified atom stereocenters.